The van der Waals surface area contributed by atoms with Gasteiger partial charge in [0.1, 0.15) is 10.9 Å². The Morgan fingerprint density at radius 2 is 1.78 bits per heavy atom. The number of benzene rings is 2. The molecule has 0 radical (unpaired) electrons. The fourth-order valence-electron chi connectivity index (χ4n) is 3.00. The van der Waals surface area contributed by atoms with Crippen molar-refractivity contribution in [1.29, 1.82) is 0 Å². The number of hydrogen-bond donors (Lipinski definition) is 2. The molecule has 2 aliphatic rings. The molecule has 1 fully saturated rings. The van der Waals surface area contributed by atoms with Crippen molar-refractivity contribution in [3.63, 3.8) is 0 Å². The summed E-state index contributed by atoms with van der Waals surface area (Å²) in [7, 11) is 0. The van der Waals surface area contributed by atoms with Gasteiger partial charge in [-0.15, -0.1) is 0 Å². The molecule has 2 aromatic carbocycles. The zero-order chi connectivity index (χ0) is 19.0. The highest BCUT2D eigenvalue weighted by Gasteiger charge is 2.39. The van der Waals surface area contributed by atoms with Crippen LogP contribution in [0.4, 0.5) is 11.4 Å². The maximum atomic E-state index is 13.0. The summed E-state index contributed by atoms with van der Waals surface area (Å²) in [5, 5.41) is 5.30. The van der Waals surface area contributed by atoms with Crippen LogP contribution in [0.3, 0.4) is 0 Å². The van der Waals surface area contributed by atoms with Gasteiger partial charge in [-0.1, -0.05) is 60.4 Å². The van der Waals surface area contributed by atoms with Gasteiger partial charge >= 0.3 is 0 Å². The summed E-state index contributed by atoms with van der Waals surface area (Å²) in [6.45, 7) is -0.155. The molecule has 27 heavy (non-hydrogen) atoms. The van der Waals surface area contributed by atoms with Crippen LogP contribution >= 0.6 is 24.0 Å². The van der Waals surface area contributed by atoms with E-state index in [4.69, 9.17) is 12.2 Å². The summed E-state index contributed by atoms with van der Waals surface area (Å²) in [6, 6.07) is 16.1. The standard InChI is InChI=1S/C19H13N3O3S2/c23-14(20-11-6-2-1-3-7-11)10-22-13-9-5-4-8-12(13)15(18(22)25)16-17(24)21-19(26)27-16/h1-9H,10H2,(H,20,23)(H,21,24,26)/b16-15-. The Morgan fingerprint density at radius 1 is 1.07 bits per heavy atom. The molecule has 8 heteroatoms. The van der Waals surface area contributed by atoms with E-state index < -0.39 is 5.91 Å². The molecule has 2 aliphatic heterocycles. The first-order valence-electron chi connectivity index (χ1n) is 8.08. The van der Waals surface area contributed by atoms with Crippen LogP contribution in [0.25, 0.3) is 5.57 Å². The lowest BCUT2D eigenvalue weighted by Gasteiger charge is -2.16. The number of thiocarbonyl (C=S) groups is 1. The van der Waals surface area contributed by atoms with Crippen LogP contribution in [-0.4, -0.2) is 28.6 Å². The third kappa shape index (κ3) is 3.24. The van der Waals surface area contributed by atoms with E-state index in [1.165, 1.54) is 4.90 Å². The lowest BCUT2D eigenvalue weighted by atomic mass is 10.1. The number of nitrogens with zero attached hydrogens (tertiary/aromatic N) is 1. The van der Waals surface area contributed by atoms with Crippen LogP contribution in [0.1, 0.15) is 5.56 Å². The van der Waals surface area contributed by atoms with Crippen molar-refractivity contribution < 1.29 is 14.4 Å². The van der Waals surface area contributed by atoms with Crippen molar-refractivity contribution in [3.8, 4) is 0 Å². The summed E-state index contributed by atoms with van der Waals surface area (Å²) >= 11 is 6.09. The van der Waals surface area contributed by atoms with Gasteiger partial charge in [0.25, 0.3) is 11.8 Å². The molecule has 2 aromatic rings. The molecule has 4 rings (SSSR count). The number of amides is 3. The first kappa shape index (κ1) is 17.4. The van der Waals surface area contributed by atoms with Gasteiger partial charge in [0, 0.05) is 11.3 Å². The molecule has 3 amide bonds. The lowest BCUT2D eigenvalue weighted by molar-refractivity contribution is -0.118. The van der Waals surface area contributed by atoms with E-state index in [-0.39, 0.29) is 28.8 Å². The van der Waals surface area contributed by atoms with Crippen molar-refractivity contribution in [1.82, 2.24) is 5.32 Å². The van der Waals surface area contributed by atoms with Crippen molar-refractivity contribution in [2.75, 3.05) is 16.8 Å². The number of anilines is 2. The van der Waals surface area contributed by atoms with E-state index in [0.717, 1.165) is 11.8 Å². The topological polar surface area (TPSA) is 78.5 Å². The second-order valence-electron chi connectivity index (χ2n) is 5.87. The Hall–Kier alpha value is -2.97. The molecule has 0 spiro atoms. The van der Waals surface area contributed by atoms with Gasteiger partial charge in [0.05, 0.1) is 16.2 Å². The largest absolute Gasteiger partial charge is 0.325 e. The van der Waals surface area contributed by atoms with Crippen LogP contribution in [0.15, 0.2) is 59.5 Å². The summed E-state index contributed by atoms with van der Waals surface area (Å²) in [5.74, 6) is -1.10. The van der Waals surface area contributed by atoms with E-state index in [1.807, 2.05) is 18.2 Å². The molecule has 0 aromatic heterocycles. The minimum absolute atomic E-state index is 0.155. The molecular weight excluding hydrogens is 382 g/mol. The van der Waals surface area contributed by atoms with Gasteiger partial charge < -0.3 is 10.6 Å². The number of fused-ring (bicyclic) bond motifs is 1. The SMILES string of the molecule is O=C(CN1C(=O)/C(=C2\SC(=S)NC2=O)c2ccccc21)Nc1ccccc1. The number of nitrogens with one attached hydrogen (secondary N) is 2. The Morgan fingerprint density at radius 3 is 2.48 bits per heavy atom. The third-order valence-electron chi connectivity index (χ3n) is 4.13. The fourth-order valence-corrected chi connectivity index (χ4v) is 4.12. The van der Waals surface area contributed by atoms with Crippen LogP contribution in [-0.2, 0) is 14.4 Å². The van der Waals surface area contributed by atoms with Gasteiger partial charge in [0.2, 0.25) is 5.91 Å². The van der Waals surface area contributed by atoms with Crippen LogP contribution in [0.5, 0.6) is 0 Å². The molecule has 134 valence electrons. The second-order valence-corrected chi connectivity index (χ2v) is 7.56. The number of carbonyl (C=O) groups excluding carboxylic acids is 3. The van der Waals surface area contributed by atoms with Crippen LogP contribution in [0, 0.1) is 0 Å². The zero-order valence-corrected chi connectivity index (χ0v) is 15.5. The Kier molecular flexibility index (Phi) is 4.51. The van der Waals surface area contributed by atoms with E-state index >= 15 is 0 Å². The fraction of sp³-hybridized carbons (Fsp3) is 0.0526. The van der Waals surface area contributed by atoms with Crippen molar-refractivity contribution in [2.45, 2.75) is 0 Å². The van der Waals surface area contributed by atoms with Crippen molar-refractivity contribution >= 4 is 63.0 Å². The molecule has 2 N–H and O–H groups in total. The smallest absolute Gasteiger partial charge is 0.264 e. The van der Waals surface area contributed by atoms with E-state index in [9.17, 15) is 14.4 Å². The van der Waals surface area contributed by atoms with Gasteiger partial charge in [0.15, 0.2) is 0 Å². The Bertz CT molecular complexity index is 1020. The summed E-state index contributed by atoms with van der Waals surface area (Å²) in [5.41, 5.74) is 2.15. The van der Waals surface area contributed by atoms with Crippen molar-refractivity contribution in [2.24, 2.45) is 0 Å². The molecule has 0 atom stereocenters. The summed E-state index contributed by atoms with van der Waals surface area (Å²) in [4.78, 5) is 39.3. The quantitative estimate of drug-likeness (QED) is 0.617. The zero-order valence-electron chi connectivity index (χ0n) is 13.9. The predicted molar refractivity (Wildman–Crippen MR) is 109 cm³/mol. The number of hydrogen-bond acceptors (Lipinski definition) is 5. The lowest BCUT2D eigenvalue weighted by Crippen LogP contribution is -2.35. The summed E-state index contributed by atoms with van der Waals surface area (Å²) in [6.07, 6.45) is 0. The maximum Gasteiger partial charge on any atom is 0.264 e. The van der Waals surface area contributed by atoms with Crippen LogP contribution < -0.4 is 15.5 Å². The number of carbonyl (C=O) groups is 3. The average molecular weight is 395 g/mol. The molecule has 1 saturated heterocycles. The predicted octanol–water partition coefficient (Wildman–Crippen LogP) is 2.53. The highest BCUT2D eigenvalue weighted by Crippen LogP contribution is 2.42. The molecule has 0 saturated carbocycles. The van der Waals surface area contributed by atoms with Crippen LogP contribution in [0.2, 0.25) is 0 Å². The van der Waals surface area contributed by atoms with Gasteiger partial charge in [-0.05, 0) is 18.2 Å². The molecule has 0 unspecified atom stereocenters. The molecule has 2 heterocycles. The molecule has 0 aliphatic carbocycles. The minimum atomic E-state index is -0.390. The first-order valence-corrected chi connectivity index (χ1v) is 9.30. The second kappa shape index (κ2) is 6.98. The number of rotatable bonds is 3. The van der Waals surface area contributed by atoms with Gasteiger partial charge in [-0.25, -0.2) is 0 Å². The normalized spacial score (nSPS) is 18.5. The van der Waals surface area contributed by atoms with E-state index in [1.54, 1.807) is 36.4 Å². The number of para-hydroxylation sites is 2. The van der Waals surface area contributed by atoms with Crippen molar-refractivity contribution in [3.05, 3.63) is 65.1 Å². The van der Waals surface area contributed by atoms with Gasteiger partial charge in [-0.3, -0.25) is 19.3 Å². The van der Waals surface area contributed by atoms with E-state index in [2.05, 4.69) is 10.6 Å². The highest BCUT2D eigenvalue weighted by atomic mass is 32.2. The monoisotopic (exact) mass is 395 g/mol. The first-order chi connectivity index (χ1) is 13.0. The van der Waals surface area contributed by atoms with Gasteiger partial charge in [-0.2, -0.15) is 0 Å². The van der Waals surface area contributed by atoms with E-state index in [0.29, 0.717) is 21.3 Å². The minimum Gasteiger partial charge on any atom is -0.325 e. The third-order valence-corrected chi connectivity index (χ3v) is 5.36. The average Bonchev–Trinajstić information content (AvgIpc) is 3.12. The molecule has 0 bridgehead atoms. The molecule has 6 nitrogen and oxygen atoms in total. The maximum absolute atomic E-state index is 13.0. The molecular formula is C19H13N3O3S2. The Balaban J connectivity index is 1.66. The number of thioether (sulfide) groups is 1. The summed E-state index contributed by atoms with van der Waals surface area (Å²) < 4.78 is 0.313. The highest BCUT2D eigenvalue weighted by molar-refractivity contribution is 8.27. The Labute approximate surface area is 164 Å².